The van der Waals surface area contributed by atoms with Gasteiger partial charge in [-0.3, -0.25) is 9.59 Å². The monoisotopic (exact) mass is 236 g/mol. The van der Waals surface area contributed by atoms with Gasteiger partial charge in [0.2, 0.25) is 5.91 Å². The maximum atomic E-state index is 12.2. The molecular weight excluding hydrogens is 226 g/mol. The number of benzene rings is 2. The molecule has 0 aromatic heterocycles. The molecule has 0 bridgehead atoms. The highest BCUT2D eigenvalue weighted by Crippen LogP contribution is 2.37. The van der Waals surface area contributed by atoms with Crippen molar-refractivity contribution in [2.24, 2.45) is 0 Å². The summed E-state index contributed by atoms with van der Waals surface area (Å²) in [6, 6.07) is 13.7. The number of ketones is 1. The average molecular weight is 236 g/mol. The smallest absolute Gasteiger partial charge is 0.221 e. The van der Waals surface area contributed by atoms with Gasteiger partial charge in [0.15, 0.2) is 5.78 Å². The number of anilines is 1. The Morgan fingerprint density at radius 3 is 2.67 bits per heavy atom. The molecule has 1 radical (unpaired) electrons. The van der Waals surface area contributed by atoms with Crippen molar-refractivity contribution < 1.29 is 9.59 Å². The standard InChI is InChI=1S/C15H10NO2/c1-9(17)16-10-6-7-12-11-4-2-3-5-13(11)15(18)14(12)8-10/h2,4-8H,1H3,(H,16,17). The molecule has 3 nitrogen and oxygen atoms in total. The van der Waals surface area contributed by atoms with Gasteiger partial charge < -0.3 is 5.32 Å². The van der Waals surface area contributed by atoms with Crippen LogP contribution < -0.4 is 5.32 Å². The highest BCUT2D eigenvalue weighted by Gasteiger charge is 2.26. The highest BCUT2D eigenvalue weighted by atomic mass is 16.1. The molecule has 0 saturated carbocycles. The van der Waals surface area contributed by atoms with E-state index in [-0.39, 0.29) is 11.7 Å². The van der Waals surface area contributed by atoms with Crippen LogP contribution in [0.3, 0.4) is 0 Å². The van der Waals surface area contributed by atoms with Gasteiger partial charge in [0, 0.05) is 23.7 Å². The summed E-state index contributed by atoms with van der Waals surface area (Å²) >= 11 is 0. The largest absolute Gasteiger partial charge is 0.326 e. The first-order chi connectivity index (χ1) is 8.66. The van der Waals surface area contributed by atoms with Crippen LogP contribution >= 0.6 is 0 Å². The Bertz CT molecular complexity index is 674. The van der Waals surface area contributed by atoms with E-state index >= 15 is 0 Å². The summed E-state index contributed by atoms with van der Waals surface area (Å²) in [5.74, 6) is -0.157. The zero-order valence-corrected chi connectivity index (χ0v) is 9.78. The molecule has 0 atom stereocenters. The second-order valence-corrected chi connectivity index (χ2v) is 4.24. The van der Waals surface area contributed by atoms with Gasteiger partial charge in [-0.15, -0.1) is 0 Å². The third kappa shape index (κ3) is 1.52. The second kappa shape index (κ2) is 3.81. The average Bonchev–Trinajstić information content (AvgIpc) is 2.63. The van der Waals surface area contributed by atoms with Crippen LogP contribution in [0.1, 0.15) is 22.8 Å². The molecule has 2 aromatic rings. The summed E-state index contributed by atoms with van der Waals surface area (Å²) in [7, 11) is 0. The number of amides is 1. The number of hydrogen-bond acceptors (Lipinski definition) is 2. The molecule has 1 amide bonds. The molecule has 1 aliphatic rings. The number of hydrogen-bond donors (Lipinski definition) is 1. The molecule has 18 heavy (non-hydrogen) atoms. The van der Waals surface area contributed by atoms with Crippen LogP contribution in [0.25, 0.3) is 11.1 Å². The van der Waals surface area contributed by atoms with Crippen LogP contribution in [-0.2, 0) is 4.79 Å². The lowest BCUT2D eigenvalue weighted by molar-refractivity contribution is -0.114. The fraction of sp³-hybridized carbons (Fsp3) is 0.0667. The first-order valence-corrected chi connectivity index (χ1v) is 5.63. The summed E-state index contributed by atoms with van der Waals surface area (Å²) in [5.41, 5.74) is 3.80. The fourth-order valence-electron chi connectivity index (χ4n) is 2.25. The highest BCUT2D eigenvalue weighted by molar-refractivity contribution is 6.22. The Hall–Kier alpha value is -2.42. The lowest BCUT2D eigenvalue weighted by Crippen LogP contribution is -2.06. The van der Waals surface area contributed by atoms with Gasteiger partial charge in [-0.05, 0) is 35.4 Å². The van der Waals surface area contributed by atoms with Gasteiger partial charge >= 0.3 is 0 Å². The maximum absolute atomic E-state index is 12.2. The molecule has 3 heteroatoms. The van der Waals surface area contributed by atoms with E-state index in [9.17, 15) is 9.59 Å². The maximum Gasteiger partial charge on any atom is 0.221 e. The first-order valence-electron chi connectivity index (χ1n) is 5.63. The van der Waals surface area contributed by atoms with E-state index < -0.39 is 0 Å². The molecule has 1 N–H and O–H groups in total. The van der Waals surface area contributed by atoms with Crippen LogP contribution in [0.15, 0.2) is 36.4 Å². The van der Waals surface area contributed by atoms with Gasteiger partial charge in [0.05, 0.1) is 0 Å². The number of rotatable bonds is 1. The summed E-state index contributed by atoms with van der Waals surface area (Å²) in [5, 5.41) is 2.68. The van der Waals surface area contributed by atoms with Gasteiger partial charge in [0.25, 0.3) is 0 Å². The molecule has 0 spiro atoms. The first kappa shape index (κ1) is 10.7. The van der Waals surface area contributed by atoms with Crippen molar-refractivity contribution in [1.29, 1.82) is 0 Å². The Labute approximate surface area is 104 Å². The van der Waals surface area contributed by atoms with Crippen molar-refractivity contribution in [3.05, 3.63) is 53.6 Å². The number of fused-ring (bicyclic) bond motifs is 3. The molecule has 3 rings (SSSR count). The minimum atomic E-state index is -0.147. The number of carbonyl (C=O) groups is 2. The minimum Gasteiger partial charge on any atom is -0.326 e. The van der Waals surface area contributed by atoms with Gasteiger partial charge in [-0.2, -0.15) is 0 Å². The van der Waals surface area contributed by atoms with Gasteiger partial charge in [0.1, 0.15) is 0 Å². The molecule has 1 aliphatic carbocycles. The van der Waals surface area contributed by atoms with E-state index in [0.29, 0.717) is 16.8 Å². The van der Waals surface area contributed by atoms with Crippen LogP contribution in [0.2, 0.25) is 0 Å². The van der Waals surface area contributed by atoms with Crippen LogP contribution in [0, 0.1) is 6.07 Å². The Morgan fingerprint density at radius 2 is 1.89 bits per heavy atom. The molecule has 2 aromatic carbocycles. The molecule has 0 aliphatic heterocycles. The topological polar surface area (TPSA) is 46.2 Å². The zero-order valence-electron chi connectivity index (χ0n) is 9.78. The molecule has 87 valence electrons. The fourth-order valence-corrected chi connectivity index (χ4v) is 2.25. The van der Waals surface area contributed by atoms with E-state index in [1.165, 1.54) is 6.92 Å². The SMILES string of the molecule is CC(=O)Nc1ccc2c(c1)C(=O)c1c[c]ccc1-2. The van der Waals surface area contributed by atoms with Gasteiger partial charge in [-0.25, -0.2) is 0 Å². The van der Waals surface area contributed by atoms with E-state index in [0.717, 1.165) is 11.1 Å². The Balaban J connectivity index is 2.14. The van der Waals surface area contributed by atoms with Crippen molar-refractivity contribution in [1.82, 2.24) is 0 Å². The lowest BCUT2D eigenvalue weighted by Gasteiger charge is -2.04. The molecule has 0 unspecified atom stereocenters. The minimum absolute atomic E-state index is 0.0101. The molecule has 0 saturated heterocycles. The zero-order chi connectivity index (χ0) is 12.7. The Kier molecular flexibility index (Phi) is 2.27. The van der Waals surface area contributed by atoms with E-state index in [1.807, 2.05) is 12.1 Å². The third-order valence-corrected chi connectivity index (χ3v) is 2.98. The quantitative estimate of drug-likeness (QED) is 0.706. The second-order valence-electron chi connectivity index (χ2n) is 4.24. The summed E-state index contributed by atoms with van der Waals surface area (Å²) < 4.78 is 0. The molecule has 0 heterocycles. The van der Waals surface area contributed by atoms with Crippen molar-refractivity contribution >= 4 is 17.4 Å². The Morgan fingerprint density at radius 1 is 1.11 bits per heavy atom. The third-order valence-electron chi connectivity index (χ3n) is 2.98. The van der Waals surface area contributed by atoms with Crippen LogP contribution in [-0.4, -0.2) is 11.7 Å². The van der Waals surface area contributed by atoms with Crippen LogP contribution in [0.4, 0.5) is 5.69 Å². The van der Waals surface area contributed by atoms with Gasteiger partial charge in [-0.1, -0.05) is 18.2 Å². The lowest BCUT2D eigenvalue weighted by atomic mass is 10.1. The molecular formula is C15H10NO2. The summed E-state index contributed by atoms with van der Waals surface area (Å²) in [6.45, 7) is 1.44. The number of nitrogens with one attached hydrogen (secondary N) is 1. The molecule has 0 fully saturated rings. The van der Waals surface area contributed by atoms with Crippen molar-refractivity contribution in [3.8, 4) is 11.1 Å². The van der Waals surface area contributed by atoms with Crippen LogP contribution in [0.5, 0.6) is 0 Å². The predicted molar refractivity (Wildman–Crippen MR) is 68.5 cm³/mol. The van der Waals surface area contributed by atoms with E-state index in [1.54, 1.807) is 24.3 Å². The predicted octanol–water partition coefficient (Wildman–Crippen LogP) is 2.66. The van der Waals surface area contributed by atoms with E-state index in [4.69, 9.17) is 0 Å². The van der Waals surface area contributed by atoms with E-state index in [2.05, 4.69) is 11.4 Å². The summed E-state index contributed by atoms with van der Waals surface area (Å²) in [4.78, 5) is 23.2. The van der Waals surface area contributed by atoms with Crippen molar-refractivity contribution in [2.75, 3.05) is 5.32 Å². The van der Waals surface area contributed by atoms with Crippen molar-refractivity contribution in [2.45, 2.75) is 6.92 Å². The van der Waals surface area contributed by atoms with Crippen molar-refractivity contribution in [3.63, 3.8) is 0 Å². The normalized spacial score (nSPS) is 11.9. The number of carbonyl (C=O) groups excluding carboxylic acids is 2. The summed E-state index contributed by atoms with van der Waals surface area (Å²) in [6.07, 6.45) is 0.